The van der Waals surface area contributed by atoms with Gasteiger partial charge in [0.2, 0.25) is 5.91 Å². The first-order valence-corrected chi connectivity index (χ1v) is 11.0. The van der Waals surface area contributed by atoms with Crippen LogP contribution in [0, 0.1) is 5.92 Å². The Bertz CT molecular complexity index is 952. The predicted octanol–water partition coefficient (Wildman–Crippen LogP) is 4.76. The van der Waals surface area contributed by atoms with Crippen LogP contribution in [0.3, 0.4) is 0 Å². The molecule has 1 aliphatic heterocycles. The standard InChI is InChI=1S/C19H23N3O.C6H13NO2/c1-4-18(23)21(3)16-7-8-17-15(12-16)9-10-20-19(17)22-11-5-6-14(2)13-22;1-6(2,3)9-5(8)7-4/h4,7-10,12,14H,1,5-6,11,13H2,2-3H3;1-4H3,(H,7,8). The first-order valence-electron chi connectivity index (χ1n) is 11.0. The third-order valence-electron chi connectivity index (χ3n) is 5.18. The van der Waals surface area contributed by atoms with Crippen molar-refractivity contribution < 1.29 is 14.3 Å². The Balaban J connectivity index is 0.000000344. The Morgan fingerprint density at radius 1 is 1.31 bits per heavy atom. The van der Waals surface area contributed by atoms with E-state index in [1.54, 1.807) is 11.9 Å². The number of aromatic nitrogens is 1. The van der Waals surface area contributed by atoms with Crippen LogP contribution in [-0.2, 0) is 9.53 Å². The van der Waals surface area contributed by atoms with Gasteiger partial charge >= 0.3 is 6.09 Å². The number of piperidine rings is 1. The summed E-state index contributed by atoms with van der Waals surface area (Å²) in [6.45, 7) is 13.4. The van der Waals surface area contributed by atoms with Crippen LogP contribution in [0.5, 0.6) is 0 Å². The molecule has 174 valence electrons. The SMILES string of the molecule is C=CC(=O)N(C)c1ccc2c(N3CCCC(C)C3)nccc2c1.CNC(=O)OC(C)(C)C. The minimum atomic E-state index is -0.389. The van der Waals surface area contributed by atoms with E-state index in [-0.39, 0.29) is 17.6 Å². The number of nitrogens with zero attached hydrogens (tertiary/aromatic N) is 3. The van der Waals surface area contributed by atoms with Crippen LogP contribution in [0.25, 0.3) is 10.8 Å². The zero-order valence-electron chi connectivity index (χ0n) is 20.1. The van der Waals surface area contributed by atoms with Crippen molar-refractivity contribution in [3.63, 3.8) is 0 Å². The number of likely N-dealkylation sites (N-methyl/N-ethyl adjacent to an activating group) is 1. The lowest BCUT2D eigenvalue weighted by molar-refractivity contribution is -0.113. The topological polar surface area (TPSA) is 74.8 Å². The smallest absolute Gasteiger partial charge is 0.407 e. The normalized spacial score (nSPS) is 15.9. The fraction of sp³-hybridized carbons (Fsp3) is 0.480. The van der Waals surface area contributed by atoms with Gasteiger partial charge in [-0.2, -0.15) is 0 Å². The van der Waals surface area contributed by atoms with Gasteiger partial charge in [0.05, 0.1) is 0 Å². The molecule has 0 radical (unpaired) electrons. The highest BCUT2D eigenvalue weighted by molar-refractivity contribution is 6.03. The molecule has 7 nitrogen and oxygen atoms in total. The van der Waals surface area contributed by atoms with Crippen molar-refractivity contribution >= 4 is 34.3 Å². The number of benzene rings is 1. The Kier molecular flexibility index (Phi) is 8.63. The van der Waals surface area contributed by atoms with E-state index in [0.717, 1.165) is 35.4 Å². The van der Waals surface area contributed by atoms with Crippen LogP contribution >= 0.6 is 0 Å². The summed E-state index contributed by atoms with van der Waals surface area (Å²) in [4.78, 5) is 30.9. The van der Waals surface area contributed by atoms with Crippen LogP contribution in [-0.4, -0.2) is 49.8 Å². The molecule has 0 bridgehead atoms. The van der Waals surface area contributed by atoms with E-state index in [4.69, 9.17) is 4.74 Å². The highest BCUT2D eigenvalue weighted by Gasteiger charge is 2.19. The second-order valence-corrected chi connectivity index (χ2v) is 9.09. The maximum Gasteiger partial charge on any atom is 0.407 e. The molecule has 0 saturated carbocycles. The number of nitrogens with one attached hydrogen (secondary N) is 1. The lowest BCUT2D eigenvalue weighted by Gasteiger charge is -2.32. The molecule has 1 atom stereocenters. The van der Waals surface area contributed by atoms with Crippen LogP contribution in [0.2, 0.25) is 0 Å². The molecule has 32 heavy (non-hydrogen) atoms. The largest absolute Gasteiger partial charge is 0.444 e. The number of hydrogen-bond donors (Lipinski definition) is 1. The third kappa shape index (κ3) is 6.97. The maximum absolute atomic E-state index is 11.8. The van der Waals surface area contributed by atoms with Gasteiger partial charge in [-0.05, 0) is 75.3 Å². The van der Waals surface area contributed by atoms with E-state index >= 15 is 0 Å². The lowest BCUT2D eigenvalue weighted by Crippen LogP contribution is -2.34. The van der Waals surface area contributed by atoms with Crippen molar-refractivity contribution in [2.75, 3.05) is 37.0 Å². The van der Waals surface area contributed by atoms with Crippen molar-refractivity contribution in [1.82, 2.24) is 10.3 Å². The zero-order chi connectivity index (χ0) is 23.9. The highest BCUT2D eigenvalue weighted by atomic mass is 16.6. The molecule has 1 fully saturated rings. The number of rotatable bonds is 3. The number of alkyl carbamates (subject to hydrolysis) is 1. The zero-order valence-corrected chi connectivity index (χ0v) is 20.1. The van der Waals surface area contributed by atoms with E-state index in [0.29, 0.717) is 5.92 Å². The first-order chi connectivity index (χ1) is 15.1. The van der Waals surface area contributed by atoms with Crippen molar-refractivity contribution in [2.24, 2.45) is 5.92 Å². The molecular formula is C25H36N4O3. The van der Waals surface area contributed by atoms with Crippen LogP contribution in [0.15, 0.2) is 43.1 Å². The summed E-state index contributed by atoms with van der Waals surface area (Å²) in [5, 5.41) is 4.61. The quantitative estimate of drug-likeness (QED) is 0.697. The average Bonchev–Trinajstić information content (AvgIpc) is 2.76. The van der Waals surface area contributed by atoms with E-state index < -0.39 is 0 Å². The molecule has 1 aromatic carbocycles. The number of carbonyl (C=O) groups is 2. The first kappa shape index (κ1) is 25.2. The second-order valence-electron chi connectivity index (χ2n) is 9.09. The Morgan fingerprint density at radius 3 is 2.59 bits per heavy atom. The number of hydrogen-bond acceptors (Lipinski definition) is 5. The second kappa shape index (κ2) is 11.0. The number of anilines is 2. The third-order valence-corrected chi connectivity index (χ3v) is 5.18. The Labute approximate surface area is 191 Å². The molecule has 1 saturated heterocycles. The summed E-state index contributed by atoms with van der Waals surface area (Å²) in [5.41, 5.74) is 0.478. The summed E-state index contributed by atoms with van der Waals surface area (Å²) in [7, 11) is 3.30. The van der Waals surface area contributed by atoms with Crippen LogP contribution in [0.1, 0.15) is 40.5 Å². The van der Waals surface area contributed by atoms with Gasteiger partial charge in [0.25, 0.3) is 0 Å². The predicted molar refractivity (Wildman–Crippen MR) is 131 cm³/mol. The fourth-order valence-corrected chi connectivity index (χ4v) is 3.59. The number of carbonyl (C=O) groups excluding carboxylic acids is 2. The summed E-state index contributed by atoms with van der Waals surface area (Å²) < 4.78 is 4.84. The minimum absolute atomic E-state index is 0.108. The van der Waals surface area contributed by atoms with Crippen molar-refractivity contribution in [3.05, 3.63) is 43.1 Å². The van der Waals surface area contributed by atoms with Gasteiger partial charge in [-0.25, -0.2) is 9.78 Å². The monoisotopic (exact) mass is 440 g/mol. The molecule has 1 aromatic heterocycles. The van der Waals surface area contributed by atoms with Gasteiger partial charge in [-0.3, -0.25) is 4.79 Å². The van der Waals surface area contributed by atoms with Gasteiger partial charge in [0.1, 0.15) is 11.4 Å². The summed E-state index contributed by atoms with van der Waals surface area (Å²) >= 11 is 0. The van der Waals surface area contributed by atoms with Crippen molar-refractivity contribution in [2.45, 2.75) is 46.1 Å². The van der Waals surface area contributed by atoms with Crippen molar-refractivity contribution in [3.8, 4) is 0 Å². The van der Waals surface area contributed by atoms with Gasteiger partial charge in [-0.1, -0.05) is 13.5 Å². The molecule has 7 heteroatoms. The summed E-state index contributed by atoms with van der Waals surface area (Å²) in [6.07, 6.45) is 5.31. The Morgan fingerprint density at radius 2 is 2.03 bits per heavy atom. The maximum atomic E-state index is 11.8. The Hall–Kier alpha value is -3.09. The number of ether oxygens (including phenoxy) is 1. The molecule has 2 amide bonds. The number of fused-ring (bicyclic) bond motifs is 1. The van der Waals surface area contributed by atoms with Gasteiger partial charge in [-0.15, -0.1) is 0 Å². The van der Waals surface area contributed by atoms with Gasteiger partial charge in [0.15, 0.2) is 0 Å². The molecule has 1 aliphatic rings. The molecule has 0 aliphatic carbocycles. The van der Waals surface area contributed by atoms with Gasteiger partial charge < -0.3 is 19.9 Å². The fourth-order valence-electron chi connectivity index (χ4n) is 3.59. The van der Waals surface area contributed by atoms with Crippen LogP contribution < -0.4 is 15.1 Å². The molecule has 3 rings (SSSR count). The molecule has 2 aromatic rings. The minimum Gasteiger partial charge on any atom is -0.444 e. The molecular weight excluding hydrogens is 404 g/mol. The summed E-state index contributed by atoms with van der Waals surface area (Å²) in [6, 6.07) is 8.08. The van der Waals surface area contributed by atoms with Crippen molar-refractivity contribution in [1.29, 1.82) is 0 Å². The molecule has 0 spiro atoms. The van der Waals surface area contributed by atoms with Crippen LogP contribution in [0.4, 0.5) is 16.3 Å². The number of pyridine rings is 1. The average molecular weight is 441 g/mol. The molecule has 1 N–H and O–H groups in total. The molecule has 1 unspecified atom stereocenters. The highest BCUT2D eigenvalue weighted by Crippen LogP contribution is 2.30. The molecule has 2 heterocycles. The van der Waals surface area contributed by atoms with E-state index in [1.807, 2.05) is 45.2 Å². The van der Waals surface area contributed by atoms with E-state index in [9.17, 15) is 9.59 Å². The summed E-state index contributed by atoms with van der Waals surface area (Å²) in [5.74, 6) is 1.65. The lowest BCUT2D eigenvalue weighted by atomic mass is 9.99. The van der Waals surface area contributed by atoms with E-state index in [2.05, 4.69) is 34.8 Å². The van der Waals surface area contributed by atoms with E-state index in [1.165, 1.54) is 26.0 Å². The van der Waals surface area contributed by atoms with Gasteiger partial charge in [0, 0.05) is 44.5 Å². The number of amides is 2.